The topological polar surface area (TPSA) is 75.4 Å². The minimum Gasteiger partial charge on any atom is -0.369 e. The molecule has 148 valence electrons. The molecule has 1 aromatic carbocycles. The maximum absolute atomic E-state index is 14.0. The van der Waals surface area contributed by atoms with E-state index in [9.17, 15) is 12.8 Å². The lowest BCUT2D eigenvalue weighted by molar-refractivity contribution is 0.433. The van der Waals surface area contributed by atoms with Gasteiger partial charge in [0, 0.05) is 30.6 Å². The highest BCUT2D eigenvalue weighted by atomic mass is 32.2. The van der Waals surface area contributed by atoms with Crippen molar-refractivity contribution in [3.63, 3.8) is 0 Å². The number of nitrogens with one attached hydrogen (secondary N) is 1. The number of rotatable bonds is 6. The maximum atomic E-state index is 14.0. The van der Waals surface area contributed by atoms with E-state index in [0.29, 0.717) is 36.0 Å². The van der Waals surface area contributed by atoms with E-state index >= 15 is 0 Å². The smallest absolute Gasteiger partial charge is 0.241 e. The molecule has 1 unspecified atom stereocenters. The number of aryl methyl sites for hydroxylation is 1. The van der Waals surface area contributed by atoms with E-state index in [1.54, 1.807) is 37.3 Å². The van der Waals surface area contributed by atoms with Crippen molar-refractivity contribution in [2.24, 2.45) is 5.92 Å². The summed E-state index contributed by atoms with van der Waals surface area (Å²) < 4.78 is 47.3. The summed E-state index contributed by atoms with van der Waals surface area (Å²) in [5, 5.41) is 3.66. The van der Waals surface area contributed by atoms with Gasteiger partial charge in [-0.1, -0.05) is 17.3 Å². The lowest BCUT2D eigenvalue weighted by atomic mass is 10.1. The van der Waals surface area contributed by atoms with Gasteiger partial charge in [0.05, 0.1) is 21.7 Å². The van der Waals surface area contributed by atoms with E-state index in [4.69, 9.17) is 4.52 Å². The Morgan fingerprint density at radius 2 is 2.18 bits per heavy atom. The van der Waals surface area contributed by atoms with Crippen LogP contribution in [0.3, 0.4) is 0 Å². The maximum Gasteiger partial charge on any atom is 0.241 e. The average molecular weight is 422 g/mol. The lowest BCUT2D eigenvalue weighted by Gasteiger charge is -2.19. The first-order valence-corrected chi connectivity index (χ1v) is 11.2. The predicted octanol–water partition coefficient (Wildman–Crippen LogP) is 3.66. The quantitative estimate of drug-likeness (QED) is 0.658. The van der Waals surface area contributed by atoms with Gasteiger partial charge in [0.25, 0.3) is 0 Å². The van der Waals surface area contributed by atoms with Crippen LogP contribution in [-0.4, -0.2) is 33.2 Å². The van der Waals surface area contributed by atoms with Crippen LogP contribution in [0, 0.1) is 18.7 Å². The second-order valence-corrected chi connectivity index (χ2v) is 9.80. The van der Waals surface area contributed by atoms with Crippen LogP contribution in [0.2, 0.25) is 0 Å². The molecular formula is C19H20FN3O3S2. The molecule has 3 heterocycles. The largest absolute Gasteiger partial charge is 0.369 e. The van der Waals surface area contributed by atoms with E-state index in [2.05, 4.69) is 9.88 Å². The van der Waals surface area contributed by atoms with Gasteiger partial charge in [0.2, 0.25) is 10.0 Å². The molecule has 1 aliphatic heterocycles. The van der Waals surface area contributed by atoms with Crippen molar-refractivity contribution in [1.82, 2.24) is 9.88 Å². The van der Waals surface area contributed by atoms with Gasteiger partial charge >= 0.3 is 0 Å². The normalized spacial score (nSPS) is 17.4. The summed E-state index contributed by atoms with van der Waals surface area (Å²) in [6.45, 7) is 3.42. The van der Waals surface area contributed by atoms with Gasteiger partial charge in [-0.25, -0.2) is 17.5 Å². The van der Waals surface area contributed by atoms with Crippen molar-refractivity contribution in [3.8, 4) is 10.6 Å². The fraction of sp³-hybridized carbons (Fsp3) is 0.316. The first kappa shape index (κ1) is 19.1. The highest BCUT2D eigenvalue weighted by Gasteiger charge is 2.27. The molecule has 0 saturated carbocycles. The van der Waals surface area contributed by atoms with Crippen molar-refractivity contribution in [2.75, 3.05) is 24.5 Å². The monoisotopic (exact) mass is 421 g/mol. The van der Waals surface area contributed by atoms with E-state index < -0.39 is 10.0 Å². The SMILES string of the molecule is Cc1sc(-c2ccno2)cc1S(=O)(=O)NCC1CCN(c2ccccc2F)C1. The number of para-hydroxylation sites is 1. The Balaban J connectivity index is 1.42. The molecule has 9 heteroatoms. The van der Waals surface area contributed by atoms with Gasteiger partial charge in [-0.3, -0.25) is 0 Å². The van der Waals surface area contributed by atoms with Crippen LogP contribution in [0.25, 0.3) is 10.6 Å². The molecule has 1 fully saturated rings. The van der Waals surface area contributed by atoms with Crippen LogP contribution < -0.4 is 9.62 Å². The fourth-order valence-corrected chi connectivity index (χ4v) is 6.09. The van der Waals surface area contributed by atoms with Crippen LogP contribution in [0.15, 0.2) is 52.0 Å². The van der Waals surface area contributed by atoms with Gasteiger partial charge in [-0.15, -0.1) is 11.3 Å². The molecule has 1 saturated heterocycles. The standard InChI is InChI=1S/C19H20FN3O3S2/c1-13-19(10-18(27-13)17-6-8-21-26-17)28(24,25)22-11-14-7-9-23(12-14)16-5-3-2-4-15(16)20/h2-6,8,10,14,22H,7,9,11-12H2,1H3. The zero-order valence-corrected chi connectivity index (χ0v) is 16.9. The molecule has 0 aliphatic carbocycles. The van der Waals surface area contributed by atoms with Gasteiger partial charge in [0.1, 0.15) is 5.82 Å². The highest BCUT2D eigenvalue weighted by molar-refractivity contribution is 7.89. The van der Waals surface area contributed by atoms with Crippen molar-refractivity contribution in [2.45, 2.75) is 18.2 Å². The summed E-state index contributed by atoms with van der Waals surface area (Å²) in [4.78, 5) is 3.64. The number of hydrogen-bond acceptors (Lipinski definition) is 6. The Morgan fingerprint density at radius 3 is 2.93 bits per heavy atom. The summed E-state index contributed by atoms with van der Waals surface area (Å²) in [7, 11) is -3.63. The molecule has 2 aromatic heterocycles. The van der Waals surface area contributed by atoms with Crippen molar-refractivity contribution < 1.29 is 17.3 Å². The lowest BCUT2D eigenvalue weighted by Crippen LogP contribution is -2.31. The third-order valence-corrected chi connectivity index (χ3v) is 7.63. The highest BCUT2D eigenvalue weighted by Crippen LogP contribution is 2.33. The number of sulfonamides is 1. The van der Waals surface area contributed by atoms with Crippen LogP contribution >= 0.6 is 11.3 Å². The number of anilines is 1. The second kappa shape index (κ2) is 7.65. The van der Waals surface area contributed by atoms with Gasteiger partial charge in [-0.05, 0) is 37.5 Å². The Hall–Kier alpha value is -2.23. The zero-order chi connectivity index (χ0) is 19.7. The number of halogens is 1. The fourth-order valence-electron chi connectivity index (χ4n) is 3.43. The van der Waals surface area contributed by atoms with Gasteiger partial charge in [0.15, 0.2) is 5.76 Å². The third kappa shape index (κ3) is 3.82. The Bertz CT molecular complexity index is 1060. The number of benzene rings is 1. The first-order valence-electron chi connectivity index (χ1n) is 8.94. The molecule has 1 atom stereocenters. The van der Waals surface area contributed by atoms with Crippen LogP contribution in [-0.2, 0) is 10.0 Å². The van der Waals surface area contributed by atoms with E-state index in [1.807, 2.05) is 4.90 Å². The van der Waals surface area contributed by atoms with Crippen molar-refractivity contribution >= 4 is 27.0 Å². The third-order valence-electron chi connectivity index (χ3n) is 4.88. The molecule has 28 heavy (non-hydrogen) atoms. The van der Waals surface area contributed by atoms with E-state index in [-0.39, 0.29) is 16.6 Å². The summed E-state index contributed by atoms with van der Waals surface area (Å²) in [6.07, 6.45) is 2.33. The second-order valence-electron chi connectivity index (χ2n) is 6.81. The number of aromatic nitrogens is 1. The molecule has 0 spiro atoms. The average Bonchev–Trinajstić information content (AvgIpc) is 3.41. The van der Waals surface area contributed by atoms with E-state index in [1.165, 1.54) is 23.6 Å². The van der Waals surface area contributed by atoms with Crippen LogP contribution in [0.1, 0.15) is 11.3 Å². The Morgan fingerprint density at radius 1 is 1.36 bits per heavy atom. The molecule has 1 N–H and O–H groups in total. The molecule has 3 aromatic rings. The van der Waals surface area contributed by atoms with Gasteiger partial charge < -0.3 is 9.42 Å². The minimum absolute atomic E-state index is 0.127. The summed E-state index contributed by atoms with van der Waals surface area (Å²) >= 11 is 1.35. The molecule has 6 nitrogen and oxygen atoms in total. The van der Waals surface area contributed by atoms with E-state index in [0.717, 1.165) is 11.3 Å². The summed E-state index contributed by atoms with van der Waals surface area (Å²) in [6, 6.07) is 9.98. The summed E-state index contributed by atoms with van der Waals surface area (Å²) in [5.74, 6) is 0.422. The number of hydrogen-bond donors (Lipinski definition) is 1. The molecular weight excluding hydrogens is 401 g/mol. The first-order chi connectivity index (χ1) is 13.4. The van der Waals surface area contributed by atoms with Crippen LogP contribution in [0.4, 0.5) is 10.1 Å². The summed E-state index contributed by atoms with van der Waals surface area (Å²) in [5.41, 5.74) is 0.568. The van der Waals surface area contributed by atoms with Crippen LogP contribution in [0.5, 0.6) is 0 Å². The zero-order valence-electron chi connectivity index (χ0n) is 15.3. The molecule has 1 aliphatic rings. The number of nitrogens with zero attached hydrogens (tertiary/aromatic N) is 2. The van der Waals surface area contributed by atoms with Crippen molar-refractivity contribution in [1.29, 1.82) is 0 Å². The molecule has 4 rings (SSSR count). The van der Waals surface area contributed by atoms with Gasteiger partial charge in [-0.2, -0.15) is 0 Å². The Labute approximate surface area is 167 Å². The molecule has 0 amide bonds. The molecule has 0 radical (unpaired) electrons. The Kier molecular flexibility index (Phi) is 5.22. The molecule has 0 bridgehead atoms. The van der Waals surface area contributed by atoms with Crippen molar-refractivity contribution in [3.05, 3.63) is 53.3 Å². The predicted molar refractivity (Wildman–Crippen MR) is 106 cm³/mol. The minimum atomic E-state index is -3.63. The number of thiophene rings is 1.